The molecule has 0 heterocycles. The van der Waals surface area contributed by atoms with Crippen LogP contribution in [0.15, 0.2) is 60.7 Å². The molecule has 0 radical (unpaired) electrons. The number of rotatable bonds is 10. The van der Waals surface area contributed by atoms with Crippen molar-refractivity contribution in [3.05, 3.63) is 100 Å². The highest BCUT2D eigenvalue weighted by Gasteiger charge is 2.22. The van der Waals surface area contributed by atoms with Crippen molar-refractivity contribution in [2.75, 3.05) is 0 Å². The summed E-state index contributed by atoms with van der Waals surface area (Å²) in [4.78, 5) is 13.4. The summed E-state index contributed by atoms with van der Waals surface area (Å²) >= 11 is 0. The maximum Gasteiger partial charge on any atom is 0.252 e. The van der Waals surface area contributed by atoms with Gasteiger partial charge >= 0.3 is 0 Å². The Morgan fingerprint density at radius 1 is 1.03 bits per heavy atom. The van der Waals surface area contributed by atoms with Gasteiger partial charge < -0.3 is 10.1 Å². The number of carbonyl (C=O) groups excluding carboxylic acids is 1. The smallest absolute Gasteiger partial charge is 0.252 e. The second-order valence-electron chi connectivity index (χ2n) is 8.71. The average molecular weight is 481 g/mol. The SMILES string of the molecule is CC(C)CC(NC(=O)c1cc(COc2ccccc2)ccc1CCC#N)c1cc(F)c(F)c(F)c1. The number of hydrogen-bond donors (Lipinski definition) is 1. The Bertz CT molecular complexity index is 1180. The highest BCUT2D eigenvalue weighted by Crippen LogP contribution is 2.26. The first-order chi connectivity index (χ1) is 16.8. The van der Waals surface area contributed by atoms with E-state index < -0.39 is 29.4 Å². The van der Waals surface area contributed by atoms with Crippen LogP contribution < -0.4 is 10.1 Å². The molecule has 3 aromatic carbocycles. The quantitative estimate of drug-likeness (QED) is 0.330. The van der Waals surface area contributed by atoms with Crippen molar-refractivity contribution < 1.29 is 22.7 Å². The number of hydrogen-bond acceptors (Lipinski definition) is 3. The zero-order valence-electron chi connectivity index (χ0n) is 19.7. The molecule has 1 atom stereocenters. The van der Waals surface area contributed by atoms with Gasteiger partial charge in [-0.2, -0.15) is 5.26 Å². The molecule has 4 nitrogen and oxygen atoms in total. The predicted molar refractivity (Wildman–Crippen MR) is 127 cm³/mol. The van der Waals surface area contributed by atoms with E-state index in [0.717, 1.165) is 17.7 Å². The molecule has 0 aliphatic carbocycles. The molecule has 7 heteroatoms. The monoisotopic (exact) mass is 480 g/mol. The number of amides is 1. The maximum absolute atomic E-state index is 13.9. The summed E-state index contributed by atoms with van der Waals surface area (Å²) in [6, 6.07) is 17.7. The zero-order valence-corrected chi connectivity index (χ0v) is 19.7. The highest BCUT2D eigenvalue weighted by molar-refractivity contribution is 5.96. The molecule has 0 fully saturated rings. The van der Waals surface area contributed by atoms with Crippen LogP contribution in [0.2, 0.25) is 0 Å². The highest BCUT2D eigenvalue weighted by atomic mass is 19.2. The zero-order chi connectivity index (χ0) is 25.4. The lowest BCUT2D eigenvalue weighted by Crippen LogP contribution is -2.30. The normalized spacial score (nSPS) is 11.7. The Morgan fingerprint density at radius 3 is 2.34 bits per heavy atom. The van der Waals surface area contributed by atoms with Gasteiger partial charge in [-0.15, -0.1) is 0 Å². The first kappa shape index (κ1) is 25.8. The van der Waals surface area contributed by atoms with Crippen LogP contribution in [-0.2, 0) is 13.0 Å². The van der Waals surface area contributed by atoms with Gasteiger partial charge in [-0.3, -0.25) is 4.79 Å². The molecule has 3 aromatic rings. The van der Waals surface area contributed by atoms with Crippen LogP contribution in [0.4, 0.5) is 13.2 Å². The lowest BCUT2D eigenvalue weighted by atomic mass is 9.95. The van der Waals surface area contributed by atoms with Crippen LogP contribution in [0.1, 0.15) is 59.8 Å². The standard InChI is InChI=1S/C28H27F3N2O2/c1-18(2)13-26(21-15-24(29)27(31)25(30)16-21)33-28(34)23-14-19(10-11-20(23)7-6-12-32)17-35-22-8-4-3-5-9-22/h3-5,8-11,14-16,18,26H,6-7,13,17H2,1-2H3,(H,33,34). The number of halogens is 3. The Hall–Kier alpha value is -3.79. The fraction of sp³-hybridized carbons (Fsp3) is 0.286. The largest absolute Gasteiger partial charge is 0.489 e. The van der Waals surface area contributed by atoms with E-state index >= 15 is 0 Å². The molecular weight excluding hydrogens is 453 g/mol. The minimum absolute atomic E-state index is 0.0835. The molecule has 0 bridgehead atoms. The molecule has 0 aliphatic heterocycles. The van der Waals surface area contributed by atoms with Gasteiger partial charge in [0.25, 0.3) is 5.91 Å². The Balaban J connectivity index is 1.89. The van der Waals surface area contributed by atoms with Crippen LogP contribution in [0.25, 0.3) is 0 Å². The summed E-state index contributed by atoms with van der Waals surface area (Å²) in [5.41, 5.74) is 1.92. The third-order valence-corrected chi connectivity index (χ3v) is 5.49. The number of nitriles is 1. The summed E-state index contributed by atoms with van der Waals surface area (Å²) in [6.45, 7) is 4.05. The molecule has 1 unspecified atom stereocenters. The molecule has 35 heavy (non-hydrogen) atoms. The number of nitrogens with zero attached hydrogens (tertiary/aromatic N) is 1. The van der Waals surface area contributed by atoms with E-state index in [1.165, 1.54) is 0 Å². The van der Waals surface area contributed by atoms with Crippen molar-refractivity contribution in [1.29, 1.82) is 5.26 Å². The molecule has 1 N–H and O–H groups in total. The third kappa shape index (κ3) is 7.10. The van der Waals surface area contributed by atoms with Gasteiger partial charge in [0.05, 0.1) is 12.1 Å². The van der Waals surface area contributed by atoms with E-state index in [9.17, 15) is 18.0 Å². The Morgan fingerprint density at radius 2 is 1.71 bits per heavy atom. The van der Waals surface area contributed by atoms with E-state index in [2.05, 4.69) is 11.4 Å². The molecule has 0 saturated heterocycles. The summed E-state index contributed by atoms with van der Waals surface area (Å²) in [6.07, 6.45) is 0.984. The number of nitrogens with one attached hydrogen (secondary N) is 1. The minimum Gasteiger partial charge on any atom is -0.489 e. The molecular formula is C28H27F3N2O2. The third-order valence-electron chi connectivity index (χ3n) is 5.49. The fourth-order valence-corrected chi connectivity index (χ4v) is 3.78. The molecule has 0 aliphatic rings. The van der Waals surface area contributed by atoms with Gasteiger partial charge in [0.2, 0.25) is 0 Å². The maximum atomic E-state index is 13.9. The van der Waals surface area contributed by atoms with Crippen LogP contribution >= 0.6 is 0 Å². The molecule has 0 aromatic heterocycles. The number of aryl methyl sites for hydroxylation is 1. The van der Waals surface area contributed by atoms with Gasteiger partial charge in [-0.05, 0) is 65.8 Å². The van der Waals surface area contributed by atoms with E-state index in [-0.39, 0.29) is 24.5 Å². The van der Waals surface area contributed by atoms with Crippen molar-refractivity contribution in [2.45, 2.75) is 45.8 Å². The van der Waals surface area contributed by atoms with Gasteiger partial charge in [-0.25, -0.2) is 13.2 Å². The topological polar surface area (TPSA) is 62.1 Å². The van der Waals surface area contributed by atoms with Crippen LogP contribution in [-0.4, -0.2) is 5.91 Å². The van der Waals surface area contributed by atoms with Crippen molar-refractivity contribution in [2.24, 2.45) is 5.92 Å². The summed E-state index contributed by atoms with van der Waals surface area (Å²) < 4.78 is 47.1. The second-order valence-corrected chi connectivity index (χ2v) is 8.71. The molecule has 3 rings (SSSR count). The van der Waals surface area contributed by atoms with Gasteiger partial charge in [0, 0.05) is 12.0 Å². The van der Waals surface area contributed by atoms with E-state index in [1.807, 2.05) is 50.2 Å². The first-order valence-corrected chi connectivity index (χ1v) is 11.4. The van der Waals surface area contributed by atoms with Crippen molar-refractivity contribution >= 4 is 5.91 Å². The van der Waals surface area contributed by atoms with Crippen molar-refractivity contribution in [1.82, 2.24) is 5.32 Å². The van der Waals surface area contributed by atoms with Crippen molar-refractivity contribution in [3.63, 3.8) is 0 Å². The predicted octanol–water partition coefficient (Wildman–Crippen LogP) is 6.66. The molecule has 1 amide bonds. The van der Waals surface area contributed by atoms with E-state index in [1.54, 1.807) is 12.1 Å². The first-order valence-electron chi connectivity index (χ1n) is 11.4. The van der Waals surface area contributed by atoms with Crippen LogP contribution in [0.5, 0.6) is 5.75 Å². The average Bonchev–Trinajstić information content (AvgIpc) is 2.84. The summed E-state index contributed by atoms with van der Waals surface area (Å²) in [5.74, 6) is -3.84. The van der Waals surface area contributed by atoms with E-state index in [0.29, 0.717) is 29.7 Å². The summed E-state index contributed by atoms with van der Waals surface area (Å²) in [5, 5.41) is 11.9. The molecule has 182 valence electrons. The van der Waals surface area contributed by atoms with Crippen LogP contribution in [0.3, 0.4) is 0 Å². The number of ether oxygens (including phenoxy) is 1. The minimum atomic E-state index is -1.55. The van der Waals surface area contributed by atoms with Gasteiger partial charge in [0.1, 0.15) is 12.4 Å². The number of para-hydroxylation sites is 1. The Kier molecular flexibility index (Phi) is 8.91. The van der Waals surface area contributed by atoms with E-state index in [4.69, 9.17) is 10.00 Å². The number of benzene rings is 3. The van der Waals surface area contributed by atoms with Crippen molar-refractivity contribution in [3.8, 4) is 11.8 Å². The fourth-order valence-electron chi connectivity index (χ4n) is 3.78. The van der Waals surface area contributed by atoms with Gasteiger partial charge in [-0.1, -0.05) is 44.2 Å². The molecule has 0 saturated carbocycles. The Labute approximate surface area is 203 Å². The lowest BCUT2D eigenvalue weighted by molar-refractivity contribution is 0.0930. The van der Waals surface area contributed by atoms with Crippen LogP contribution in [0, 0.1) is 34.7 Å². The molecule has 0 spiro atoms. The lowest BCUT2D eigenvalue weighted by Gasteiger charge is -2.22. The second kappa shape index (κ2) is 12.1. The summed E-state index contributed by atoms with van der Waals surface area (Å²) in [7, 11) is 0. The van der Waals surface area contributed by atoms with Gasteiger partial charge in [0.15, 0.2) is 17.5 Å². The number of carbonyl (C=O) groups is 1.